The molecule has 2 atom stereocenters. The quantitative estimate of drug-likeness (QED) is 0.0656. The third kappa shape index (κ3) is 9.68. The molecular formula is C43H45NO8. The van der Waals surface area contributed by atoms with Gasteiger partial charge >= 0.3 is 0 Å². The van der Waals surface area contributed by atoms with Crippen LogP contribution in [0.1, 0.15) is 22.3 Å². The average Bonchev–Trinajstić information content (AvgIpc) is 4.08. The number of nitrogens with zero attached hydrogens (tertiary/aromatic N) is 1. The first-order chi connectivity index (χ1) is 25.4. The summed E-state index contributed by atoms with van der Waals surface area (Å²) in [6.07, 6.45) is 3.91. The Balaban J connectivity index is 0.934. The zero-order valence-electron chi connectivity index (χ0n) is 30.2. The number of aryl methyl sites for hydroxylation is 4. The van der Waals surface area contributed by atoms with Gasteiger partial charge in [0, 0.05) is 6.07 Å². The molecule has 3 heterocycles. The molecule has 52 heavy (non-hydrogen) atoms. The number of hydrogen-bond acceptors (Lipinski definition) is 9. The van der Waals surface area contributed by atoms with Crippen LogP contribution in [0.4, 0.5) is 0 Å². The highest BCUT2D eigenvalue weighted by Crippen LogP contribution is 2.35. The van der Waals surface area contributed by atoms with Crippen molar-refractivity contribution >= 4 is 0 Å². The number of rotatable bonds is 18. The van der Waals surface area contributed by atoms with Crippen molar-refractivity contribution in [3.63, 3.8) is 0 Å². The molecular weight excluding hydrogens is 658 g/mol. The first-order valence-corrected chi connectivity index (χ1v) is 17.8. The Morgan fingerprint density at radius 2 is 0.865 bits per heavy atom. The van der Waals surface area contributed by atoms with Gasteiger partial charge in [0.2, 0.25) is 0 Å². The minimum atomic E-state index is 0.266. The highest BCUT2D eigenvalue weighted by molar-refractivity contribution is 5.69. The van der Waals surface area contributed by atoms with Gasteiger partial charge in [-0.2, -0.15) is 0 Å². The molecule has 4 aromatic carbocycles. The summed E-state index contributed by atoms with van der Waals surface area (Å²) < 4.78 is 45.9. The molecule has 0 bridgehead atoms. The largest absolute Gasteiger partial charge is 0.491 e. The second-order valence-corrected chi connectivity index (χ2v) is 13.2. The number of ether oxygens (including phenoxy) is 8. The van der Waals surface area contributed by atoms with E-state index >= 15 is 0 Å². The van der Waals surface area contributed by atoms with E-state index in [2.05, 4.69) is 67.4 Å². The average molecular weight is 704 g/mol. The van der Waals surface area contributed by atoms with E-state index in [-0.39, 0.29) is 12.2 Å². The number of epoxide rings is 2. The topological polar surface area (TPSA) is 93.3 Å². The highest BCUT2D eigenvalue weighted by Gasteiger charge is 2.22. The number of aromatic nitrogens is 1. The molecule has 0 saturated carbocycles. The summed E-state index contributed by atoms with van der Waals surface area (Å²) in [5.41, 5.74) is 8.57. The van der Waals surface area contributed by atoms with Gasteiger partial charge in [-0.1, -0.05) is 24.3 Å². The van der Waals surface area contributed by atoms with Crippen LogP contribution < -0.4 is 18.9 Å². The molecule has 2 aliphatic rings. The molecule has 0 N–H and O–H groups in total. The van der Waals surface area contributed by atoms with Crippen LogP contribution in [-0.2, 0) is 18.9 Å². The molecule has 2 aliphatic heterocycles. The molecule has 2 saturated heterocycles. The fourth-order valence-electron chi connectivity index (χ4n) is 5.81. The fourth-order valence-corrected chi connectivity index (χ4v) is 5.81. The van der Waals surface area contributed by atoms with Crippen molar-refractivity contribution in [3.8, 4) is 56.8 Å². The van der Waals surface area contributed by atoms with Crippen LogP contribution in [0, 0.1) is 27.7 Å². The number of pyridine rings is 1. The second-order valence-electron chi connectivity index (χ2n) is 13.2. The van der Waals surface area contributed by atoms with Crippen molar-refractivity contribution in [1.29, 1.82) is 0 Å². The molecule has 270 valence electrons. The fraction of sp³-hybridized carbons (Fsp3) is 0.326. The van der Waals surface area contributed by atoms with Gasteiger partial charge in [-0.15, -0.1) is 0 Å². The van der Waals surface area contributed by atoms with Crippen LogP contribution in [0.3, 0.4) is 0 Å². The van der Waals surface area contributed by atoms with Crippen molar-refractivity contribution in [3.05, 3.63) is 114 Å². The molecule has 0 aliphatic carbocycles. The van der Waals surface area contributed by atoms with E-state index in [1.807, 2.05) is 44.2 Å². The van der Waals surface area contributed by atoms with E-state index in [4.69, 9.17) is 37.9 Å². The third-order valence-corrected chi connectivity index (χ3v) is 8.89. The van der Waals surface area contributed by atoms with E-state index < -0.39 is 0 Å². The molecule has 0 radical (unpaired) electrons. The van der Waals surface area contributed by atoms with E-state index in [0.717, 1.165) is 80.7 Å². The van der Waals surface area contributed by atoms with Gasteiger partial charge in [0.15, 0.2) is 0 Å². The lowest BCUT2D eigenvalue weighted by molar-refractivity contribution is 0.0876. The summed E-state index contributed by atoms with van der Waals surface area (Å²) in [5, 5.41) is 0. The van der Waals surface area contributed by atoms with Crippen LogP contribution >= 0.6 is 0 Å². The highest BCUT2D eigenvalue weighted by atomic mass is 16.6. The summed E-state index contributed by atoms with van der Waals surface area (Å²) >= 11 is 0. The SMILES string of the molecule is Cc1cc(-c2ccc(Oc3cncc(Oc4ccc(-c5ccc(OCCOCC6CO6)c(C)c5)cc4C)c3)c(C)c2)ccc1OCCOCC1CO1. The van der Waals surface area contributed by atoms with Gasteiger partial charge in [0.1, 0.15) is 59.9 Å². The molecule has 5 aromatic rings. The standard InChI is InChI=1S/C43H45NO8/c1-28-17-32(5-9-40(28)47-15-13-45-24-38-26-49-38)34-7-11-42(30(3)19-34)51-36-21-37(23-44-22-36)52-43-12-8-35(20-31(43)4)33-6-10-41(29(2)18-33)48-16-14-46-25-39-27-50-39/h5-12,17-23,38-39H,13-16,24-27H2,1-4H3. The Labute approximate surface area is 305 Å². The van der Waals surface area contributed by atoms with Gasteiger partial charge in [-0.05, 0) is 121 Å². The van der Waals surface area contributed by atoms with E-state index in [9.17, 15) is 0 Å². The monoisotopic (exact) mass is 703 g/mol. The number of benzene rings is 4. The van der Waals surface area contributed by atoms with Crippen LogP contribution in [-0.4, -0.2) is 70.0 Å². The maximum atomic E-state index is 6.28. The molecule has 7 rings (SSSR count). The Kier molecular flexibility index (Phi) is 11.3. The summed E-state index contributed by atoms with van der Waals surface area (Å²) in [5.74, 6) is 4.40. The Morgan fingerprint density at radius 3 is 1.21 bits per heavy atom. The van der Waals surface area contributed by atoms with Crippen molar-refractivity contribution in [2.75, 3.05) is 52.9 Å². The minimum absolute atomic E-state index is 0.266. The smallest absolute Gasteiger partial charge is 0.149 e. The van der Waals surface area contributed by atoms with E-state index in [1.165, 1.54) is 0 Å². The summed E-state index contributed by atoms with van der Waals surface area (Å²) in [7, 11) is 0. The zero-order valence-corrected chi connectivity index (χ0v) is 30.2. The van der Waals surface area contributed by atoms with Crippen LogP contribution in [0.15, 0.2) is 91.3 Å². The first-order valence-electron chi connectivity index (χ1n) is 17.8. The lowest BCUT2D eigenvalue weighted by Crippen LogP contribution is -2.10. The lowest BCUT2D eigenvalue weighted by atomic mass is 10.0. The maximum Gasteiger partial charge on any atom is 0.149 e. The van der Waals surface area contributed by atoms with Crippen molar-refractivity contribution in [2.24, 2.45) is 0 Å². The van der Waals surface area contributed by atoms with Crippen LogP contribution in [0.2, 0.25) is 0 Å². The summed E-state index contributed by atoms with van der Waals surface area (Å²) in [6, 6.07) is 26.7. The minimum Gasteiger partial charge on any atom is -0.491 e. The van der Waals surface area contributed by atoms with Crippen molar-refractivity contribution < 1.29 is 37.9 Å². The maximum absolute atomic E-state index is 6.28. The second kappa shape index (κ2) is 16.6. The zero-order chi connectivity index (χ0) is 35.9. The normalized spacial score (nSPS) is 16.0. The summed E-state index contributed by atoms with van der Waals surface area (Å²) in [4.78, 5) is 4.39. The van der Waals surface area contributed by atoms with Crippen LogP contribution in [0.5, 0.6) is 34.5 Å². The number of hydrogen-bond donors (Lipinski definition) is 0. The van der Waals surface area contributed by atoms with Gasteiger partial charge in [-0.25, -0.2) is 0 Å². The molecule has 0 spiro atoms. The van der Waals surface area contributed by atoms with Gasteiger partial charge in [0.25, 0.3) is 0 Å². The Bertz CT molecular complexity index is 1850. The van der Waals surface area contributed by atoms with Gasteiger partial charge in [0.05, 0.1) is 52.0 Å². The van der Waals surface area contributed by atoms with E-state index in [1.54, 1.807) is 12.4 Å². The Hall–Kier alpha value is -4.93. The van der Waals surface area contributed by atoms with Crippen LogP contribution in [0.25, 0.3) is 22.3 Å². The van der Waals surface area contributed by atoms with Gasteiger partial charge < -0.3 is 37.9 Å². The molecule has 0 amide bonds. The molecule has 2 fully saturated rings. The third-order valence-electron chi connectivity index (χ3n) is 8.89. The van der Waals surface area contributed by atoms with Gasteiger partial charge in [-0.3, -0.25) is 4.98 Å². The van der Waals surface area contributed by atoms with E-state index in [0.29, 0.717) is 51.1 Å². The predicted octanol–water partition coefficient (Wildman–Crippen LogP) is 8.82. The molecule has 2 unspecified atom stereocenters. The Morgan fingerprint density at radius 1 is 0.500 bits per heavy atom. The van der Waals surface area contributed by atoms with Crippen molar-refractivity contribution in [1.82, 2.24) is 4.98 Å². The summed E-state index contributed by atoms with van der Waals surface area (Å²) in [6.45, 7) is 13.2. The van der Waals surface area contributed by atoms with Crippen molar-refractivity contribution in [2.45, 2.75) is 39.9 Å². The molecule has 9 heteroatoms. The predicted molar refractivity (Wildman–Crippen MR) is 199 cm³/mol. The molecule has 1 aromatic heterocycles. The first kappa shape index (κ1) is 35.5. The lowest BCUT2D eigenvalue weighted by Gasteiger charge is -2.14. The molecule has 9 nitrogen and oxygen atoms in total.